The minimum atomic E-state index is -0.0648. The van der Waals surface area contributed by atoms with Gasteiger partial charge in [-0.15, -0.1) is 0 Å². The Hall–Kier alpha value is -1.59. The lowest BCUT2D eigenvalue weighted by molar-refractivity contribution is -0.157. The van der Waals surface area contributed by atoms with E-state index in [4.69, 9.17) is 0 Å². The summed E-state index contributed by atoms with van der Waals surface area (Å²) in [4.78, 5) is 29.9. The van der Waals surface area contributed by atoms with Crippen molar-refractivity contribution in [1.82, 2.24) is 0 Å². The molecule has 6 nitrogen and oxygen atoms in total. The Morgan fingerprint density at radius 3 is 0.958 bits per heavy atom. The van der Waals surface area contributed by atoms with Crippen molar-refractivity contribution in [2.75, 3.05) is 19.8 Å². The molecule has 0 atom stereocenters. The van der Waals surface area contributed by atoms with Gasteiger partial charge < -0.3 is 14.2 Å². The third-order valence-electron chi connectivity index (χ3n) is 2.40. The molecular formula is C18H36O6. The van der Waals surface area contributed by atoms with Gasteiger partial charge in [-0.2, -0.15) is 0 Å². The first-order valence-electron chi connectivity index (χ1n) is 9.15. The summed E-state index contributed by atoms with van der Waals surface area (Å²) in [5.74, 6) is -0.147. The van der Waals surface area contributed by atoms with E-state index in [1.807, 2.05) is 41.5 Å². The second-order valence-corrected chi connectivity index (χ2v) is 3.97. The van der Waals surface area contributed by atoms with E-state index in [2.05, 4.69) is 14.2 Å². The Balaban J connectivity index is -0.000000240. The molecule has 0 spiro atoms. The third-order valence-corrected chi connectivity index (χ3v) is 2.40. The van der Waals surface area contributed by atoms with E-state index in [1.165, 1.54) is 0 Å². The molecule has 0 aromatic heterocycles. The molecule has 0 aromatic rings. The van der Waals surface area contributed by atoms with E-state index < -0.39 is 0 Å². The fourth-order valence-electron chi connectivity index (χ4n) is 1.29. The van der Waals surface area contributed by atoms with Gasteiger partial charge in [-0.05, 0) is 19.3 Å². The molecule has 0 amide bonds. The number of esters is 3. The van der Waals surface area contributed by atoms with Crippen LogP contribution in [0.3, 0.4) is 0 Å². The topological polar surface area (TPSA) is 78.9 Å². The van der Waals surface area contributed by atoms with Gasteiger partial charge in [-0.1, -0.05) is 41.5 Å². The average molecular weight is 348 g/mol. The molecule has 6 heteroatoms. The number of rotatable bonds is 0. The van der Waals surface area contributed by atoms with Crippen molar-refractivity contribution in [1.29, 1.82) is 0 Å². The first kappa shape index (κ1) is 27.3. The Labute approximate surface area is 147 Å². The highest BCUT2D eigenvalue weighted by atomic mass is 16.6. The predicted molar refractivity (Wildman–Crippen MR) is 94.6 cm³/mol. The highest BCUT2D eigenvalue weighted by Gasteiger charge is 2.11. The van der Waals surface area contributed by atoms with Gasteiger partial charge in [0.15, 0.2) is 0 Å². The van der Waals surface area contributed by atoms with E-state index in [1.54, 1.807) is 0 Å². The van der Waals surface area contributed by atoms with Crippen molar-refractivity contribution in [3.05, 3.63) is 0 Å². The normalized spacial score (nSPS) is 16.5. The van der Waals surface area contributed by atoms with Crippen molar-refractivity contribution < 1.29 is 28.6 Å². The molecule has 3 aliphatic rings. The molecule has 0 saturated carbocycles. The molecule has 3 saturated heterocycles. The summed E-state index contributed by atoms with van der Waals surface area (Å²) in [5, 5.41) is 0. The molecule has 0 bridgehead atoms. The molecule has 0 unspecified atom stereocenters. The summed E-state index contributed by atoms with van der Waals surface area (Å²) >= 11 is 0. The van der Waals surface area contributed by atoms with Gasteiger partial charge in [0.05, 0.1) is 19.6 Å². The first-order valence-corrected chi connectivity index (χ1v) is 9.15. The van der Waals surface area contributed by atoms with Crippen LogP contribution in [0.2, 0.25) is 0 Å². The zero-order chi connectivity index (χ0) is 19.2. The highest BCUT2D eigenvalue weighted by molar-refractivity contribution is 5.73. The quantitative estimate of drug-likeness (QED) is 0.485. The van der Waals surface area contributed by atoms with Crippen molar-refractivity contribution in [2.24, 2.45) is 0 Å². The molecule has 0 aromatic carbocycles. The van der Waals surface area contributed by atoms with Crippen LogP contribution in [0.25, 0.3) is 0 Å². The van der Waals surface area contributed by atoms with Crippen molar-refractivity contribution >= 4 is 17.9 Å². The second kappa shape index (κ2) is 23.7. The highest BCUT2D eigenvalue weighted by Crippen LogP contribution is 2.04. The van der Waals surface area contributed by atoms with Crippen LogP contribution in [0.4, 0.5) is 0 Å². The third kappa shape index (κ3) is 20.4. The number of carbonyl (C=O) groups is 3. The van der Waals surface area contributed by atoms with Crippen LogP contribution in [-0.2, 0) is 28.6 Å². The maximum atomic E-state index is 10.2. The Bertz CT molecular complexity index is 280. The van der Waals surface area contributed by atoms with Crippen LogP contribution in [0.15, 0.2) is 0 Å². The molecular weight excluding hydrogens is 312 g/mol. The number of hydrogen-bond donors (Lipinski definition) is 0. The second-order valence-electron chi connectivity index (χ2n) is 3.97. The number of carbonyl (C=O) groups excluding carboxylic acids is 3. The molecule has 3 aliphatic heterocycles. The standard InChI is InChI=1S/C5H8O2.C4H6O2.C3H4O2.3C2H6/c6-5-3-1-2-4-7-5;5-4-2-1-3-6-4;4-3-1-2-5-3;3*1-2/h1-4H2;1-3H2;1-2H2;3*1-2H3. The van der Waals surface area contributed by atoms with Gasteiger partial charge in [0.1, 0.15) is 6.61 Å². The van der Waals surface area contributed by atoms with Crippen LogP contribution in [0.1, 0.15) is 80.1 Å². The van der Waals surface area contributed by atoms with Crippen molar-refractivity contribution in [3.63, 3.8) is 0 Å². The Kier molecular flexibility index (Phi) is 26.9. The van der Waals surface area contributed by atoms with E-state index in [0.29, 0.717) is 39.1 Å². The summed E-state index contributed by atoms with van der Waals surface area (Å²) < 4.78 is 13.4. The van der Waals surface area contributed by atoms with Gasteiger partial charge in [0.2, 0.25) is 0 Å². The van der Waals surface area contributed by atoms with Crippen molar-refractivity contribution in [2.45, 2.75) is 80.1 Å². The first-order chi connectivity index (χ1) is 11.7. The molecule has 3 heterocycles. The fourth-order valence-corrected chi connectivity index (χ4v) is 1.29. The minimum absolute atomic E-state index is 0.0359. The lowest BCUT2D eigenvalue weighted by atomic mass is 10.2. The molecule has 0 radical (unpaired) electrons. The zero-order valence-electron chi connectivity index (χ0n) is 16.3. The SMILES string of the molecule is CC.CC.CC.O=C1CCCCO1.O=C1CCCO1.O=C1CCO1. The molecule has 24 heavy (non-hydrogen) atoms. The summed E-state index contributed by atoms with van der Waals surface area (Å²) in [6.07, 6.45) is 4.85. The predicted octanol–water partition coefficient (Wildman–Crippen LogP) is 4.05. The van der Waals surface area contributed by atoms with Crippen LogP contribution >= 0.6 is 0 Å². The smallest absolute Gasteiger partial charge is 0.309 e. The summed E-state index contributed by atoms with van der Waals surface area (Å²) in [7, 11) is 0. The largest absolute Gasteiger partial charge is 0.466 e. The molecule has 144 valence electrons. The van der Waals surface area contributed by atoms with Crippen molar-refractivity contribution in [3.8, 4) is 0 Å². The maximum absolute atomic E-state index is 10.2. The van der Waals surface area contributed by atoms with E-state index in [9.17, 15) is 14.4 Å². The lowest BCUT2D eigenvalue weighted by Crippen LogP contribution is -2.18. The summed E-state index contributed by atoms with van der Waals surface area (Å²) in [6.45, 7) is 13.9. The molecule has 0 N–H and O–H groups in total. The van der Waals surface area contributed by atoms with E-state index in [-0.39, 0.29) is 17.9 Å². The zero-order valence-corrected chi connectivity index (χ0v) is 16.3. The Morgan fingerprint density at radius 2 is 0.833 bits per heavy atom. The monoisotopic (exact) mass is 348 g/mol. The molecule has 0 aliphatic carbocycles. The van der Waals surface area contributed by atoms with E-state index >= 15 is 0 Å². The van der Waals surface area contributed by atoms with Gasteiger partial charge in [-0.25, -0.2) is 0 Å². The van der Waals surface area contributed by atoms with Crippen LogP contribution in [-0.4, -0.2) is 37.7 Å². The Morgan fingerprint density at radius 1 is 0.500 bits per heavy atom. The molecule has 3 fully saturated rings. The lowest BCUT2D eigenvalue weighted by Gasteiger charge is -2.09. The average Bonchev–Trinajstić information content (AvgIpc) is 3.11. The number of cyclic esters (lactones) is 3. The maximum Gasteiger partial charge on any atom is 0.309 e. The molecule has 3 rings (SSSR count). The number of ether oxygens (including phenoxy) is 3. The summed E-state index contributed by atoms with van der Waals surface area (Å²) in [5.41, 5.74) is 0. The van der Waals surface area contributed by atoms with Gasteiger partial charge in [-0.3, -0.25) is 14.4 Å². The van der Waals surface area contributed by atoms with Crippen LogP contribution in [0.5, 0.6) is 0 Å². The minimum Gasteiger partial charge on any atom is -0.466 e. The van der Waals surface area contributed by atoms with E-state index in [0.717, 1.165) is 19.3 Å². The van der Waals surface area contributed by atoms with Gasteiger partial charge in [0.25, 0.3) is 0 Å². The van der Waals surface area contributed by atoms with Gasteiger partial charge >= 0.3 is 17.9 Å². The van der Waals surface area contributed by atoms with Gasteiger partial charge in [0, 0.05) is 12.8 Å². The van der Waals surface area contributed by atoms with Crippen LogP contribution < -0.4 is 0 Å². The van der Waals surface area contributed by atoms with Crippen LogP contribution in [0, 0.1) is 0 Å². The number of hydrogen-bond acceptors (Lipinski definition) is 6. The fraction of sp³-hybridized carbons (Fsp3) is 0.833. The summed E-state index contributed by atoms with van der Waals surface area (Å²) in [6, 6.07) is 0.